The molecule has 1 saturated heterocycles. The maximum atomic E-state index is 11.2. The normalized spacial score (nSPS) is 18.2. The van der Waals surface area contributed by atoms with Gasteiger partial charge in [0.1, 0.15) is 0 Å². The second kappa shape index (κ2) is 10.8. The lowest BCUT2D eigenvalue weighted by atomic mass is 9.95. The molecular formula is C20H33N5O. The number of primary amides is 1. The first kappa shape index (κ1) is 20.2. The van der Waals surface area contributed by atoms with Crippen LogP contribution in [-0.4, -0.2) is 61.4 Å². The molecule has 144 valence electrons. The Morgan fingerprint density at radius 3 is 2.85 bits per heavy atom. The predicted octanol–water partition coefficient (Wildman–Crippen LogP) is 1.67. The van der Waals surface area contributed by atoms with Gasteiger partial charge in [0, 0.05) is 39.1 Å². The van der Waals surface area contributed by atoms with Crippen LogP contribution in [0.1, 0.15) is 31.7 Å². The quantitative estimate of drug-likeness (QED) is 0.547. The molecule has 0 saturated carbocycles. The van der Waals surface area contributed by atoms with Crippen LogP contribution in [0.4, 0.5) is 0 Å². The van der Waals surface area contributed by atoms with Crippen LogP contribution in [0.25, 0.3) is 0 Å². The second-order valence-corrected chi connectivity index (χ2v) is 7.08. The average molecular weight is 360 g/mol. The van der Waals surface area contributed by atoms with Crippen molar-refractivity contribution in [1.29, 1.82) is 0 Å². The molecule has 26 heavy (non-hydrogen) atoms. The fourth-order valence-corrected chi connectivity index (χ4v) is 3.44. The van der Waals surface area contributed by atoms with Gasteiger partial charge < -0.3 is 20.9 Å². The maximum absolute atomic E-state index is 11.2. The summed E-state index contributed by atoms with van der Waals surface area (Å²) in [6, 6.07) is 10.5. The van der Waals surface area contributed by atoms with E-state index in [-0.39, 0.29) is 5.91 Å². The minimum absolute atomic E-state index is 0.207. The van der Waals surface area contributed by atoms with Gasteiger partial charge in [-0.05, 0) is 38.3 Å². The van der Waals surface area contributed by atoms with E-state index in [1.807, 2.05) is 6.07 Å². The van der Waals surface area contributed by atoms with Crippen molar-refractivity contribution < 1.29 is 4.79 Å². The molecule has 1 aromatic rings. The first-order chi connectivity index (χ1) is 12.6. The van der Waals surface area contributed by atoms with E-state index in [0.29, 0.717) is 12.3 Å². The van der Waals surface area contributed by atoms with Crippen LogP contribution in [0.5, 0.6) is 0 Å². The molecule has 1 fully saturated rings. The zero-order chi connectivity index (χ0) is 18.8. The lowest BCUT2D eigenvalue weighted by Crippen LogP contribution is -2.47. The van der Waals surface area contributed by atoms with Crippen molar-refractivity contribution in [2.24, 2.45) is 16.6 Å². The Hall–Kier alpha value is -2.08. The van der Waals surface area contributed by atoms with E-state index < -0.39 is 0 Å². The van der Waals surface area contributed by atoms with Gasteiger partial charge in [0.15, 0.2) is 5.96 Å². The number of hydrogen-bond acceptors (Lipinski definition) is 3. The molecule has 0 aromatic heterocycles. The Labute approximate surface area is 157 Å². The van der Waals surface area contributed by atoms with Crippen molar-refractivity contribution in [3.63, 3.8) is 0 Å². The van der Waals surface area contributed by atoms with Gasteiger partial charge in [0.25, 0.3) is 0 Å². The fourth-order valence-electron chi connectivity index (χ4n) is 3.44. The first-order valence-electron chi connectivity index (χ1n) is 9.62. The Bertz CT molecular complexity index is 575. The Kier molecular flexibility index (Phi) is 8.41. The van der Waals surface area contributed by atoms with E-state index in [2.05, 4.69) is 53.4 Å². The first-order valence-corrected chi connectivity index (χ1v) is 9.62. The Morgan fingerprint density at radius 2 is 2.15 bits per heavy atom. The van der Waals surface area contributed by atoms with Gasteiger partial charge in [-0.1, -0.05) is 30.3 Å². The molecule has 1 aliphatic heterocycles. The number of hydrogen-bond donors (Lipinski definition) is 2. The summed E-state index contributed by atoms with van der Waals surface area (Å²) in [5.41, 5.74) is 6.69. The second-order valence-electron chi connectivity index (χ2n) is 7.08. The summed E-state index contributed by atoms with van der Waals surface area (Å²) in [5.74, 6) is 1.09. The number of likely N-dealkylation sites (tertiary alicyclic amines) is 1. The molecule has 0 radical (unpaired) electrons. The summed E-state index contributed by atoms with van der Waals surface area (Å²) in [6.07, 6.45) is 2.62. The molecule has 6 nitrogen and oxygen atoms in total. The largest absolute Gasteiger partial charge is 0.370 e. The van der Waals surface area contributed by atoms with E-state index >= 15 is 0 Å². The number of carbonyl (C=O) groups excluding carboxylic acids is 1. The summed E-state index contributed by atoms with van der Waals surface area (Å²) in [7, 11) is 2.12. The summed E-state index contributed by atoms with van der Waals surface area (Å²) in [5, 5.41) is 3.39. The highest BCUT2D eigenvalue weighted by atomic mass is 16.1. The number of rotatable bonds is 8. The topological polar surface area (TPSA) is 74.0 Å². The molecule has 1 aromatic carbocycles. The van der Waals surface area contributed by atoms with Crippen molar-refractivity contribution in [2.45, 2.75) is 32.7 Å². The molecule has 1 heterocycles. The highest BCUT2D eigenvalue weighted by Crippen LogP contribution is 2.19. The van der Waals surface area contributed by atoms with Crippen molar-refractivity contribution in [1.82, 2.24) is 15.1 Å². The number of nitrogens with zero attached hydrogens (tertiary/aromatic N) is 3. The van der Waals surface area contributed by atoms with Gasteiger partial charge in [-0.15, -0.1) is 0 Å². The van der Waals surface area contributed by atoms with Crippen molar-refractivity contribution >= 4 is 11.9 Å². The third-order valence-corrected chi connectivity index (χ3v) is 4.68. The number of carbonyl (C=O) groups is 1. The zero-order valence-corrected chi connectivity index (χ0v) is 16.2. The summed E-state index contributed by atoms with van der Waals surface area (Å²) in [6.45, 7) is 7.36. The lowest BCUT2D eigenvalue weighted by Gasteiger charge is -2.34. The number of nitrogens with one attached hydrogen (secondary N) is 1. The van der Waals surface area contributed by atoms with Gasteiger partial charge in [-0.3, -0.25) is 9.79 Å². The summed E-state index contributed by atoms with van der Waals surface area (Å²) in [4.78, 5) is 20.6. The molecule has 0 aliphatic carbocycles. The molecule has 1 amide bonds. The smallest absolute Gasteiger partial charge is 0.217 e. The number of piperidine rings is 1. The number of likely N-dealkylation sites (N-methyl/N-ethyl adjacent to an activating group) is 1. The molecule has 0 spiro atoms. The van der Waals surface area contributed by atoms with Gasteiger partial charge in [0.2, 0.25) is 5.91 Å². The van der Waals surface area contributed by atoms with Gasteiger partial charge in [-0.25, -0.2) is 0 Å². The van der Waals surface area contributed by atoms with E-state index in [9.17, 15) is 4.79 Å². The van der Waals surface area contributed by atoms with Crippen LogP contribution >= 0.6 is 0 Å². The molecule has 6 heteroatoms. The molecule has 1 atom stereocenters. The molecule has 1 unspecified atom stereocenters. The van der Waals surface area contributed by atoms with Crippen LogP contribution in [0.15, 0.2) is 35.3 Å². The molecule has 3 N–H and O–H groups in total. The average Bonchev–Trinajstić information content (AvgIpc) is 2.61. The SMILES string of the molecule is CCNC(=NCCN(C)Cc1ccccc1)N1CCCC(CC(N)=O)C1. The number of guanidine groups is 1. The van der Waals surface area contributed by atoms with E-state index in [1.54, 1.807) is 0 Å². The van der Waals surface area contributed by atoms with Crippen LogP contribution in [0.3, 0.4) is 0 Å². The van der Waals surface area contributed by atoms with E-state index in [4.69, 9.17) is 10.7 Å². The lowest BCUT2D eigenvalue weighted by molar-refractivity contribution is -0.119. The minimum atomic E-state index is -0.207. The third kappa shape index (κ3) is 7.04. The molecule has 0 bridgehead atoms. The van der Waals surface area contributed by atoms with Crippen LogP contribution in [0, 0.1) is 5.92 Å². The van der Waals surface area contributed by atoms with Crippen LogP contribution in [-0.2, 0) is 11.3 Å². The summed E-state index contributed by atoms with van der Waals surface area (Å²) < 4.78 is 0. The Morgan fingerprint density at radius 1 is 1.38 bits per heavy atom. The van der Waals surface area contributed by atoms with Crippen LogP contribution in [0.2, 0.25) is 0 Å². The highest BCUT2D eigenvalue weighted by molar-refractivity contribution is 5.80. The number of aliphatic imine (C=N–C) groups is 1. The maximum Gasteiger partial charge on any atom is 0.217 e. The van der Waals surface area contributed by atoms with Crippen molar-refractivity contribution in [3.05, 3.63) is 35.9 Å². The van der Waals surface area contributed by atoms with Gasteiger partial charge in [-0.2, -0.15) is 0 Å². The summed E-state index contributed by atoms with van der Waals surface area (Å²) >= 11 is 0. The van der Waals surface area contributed by atoms with E-state index in [1.165, 1.54) is 5.56 Å². The van der Waals surface area contributed by atoms with Gasteiger partial charge >= 0.3 is 0 Å². The highest BCUT2D eigenvalue weighted by Gasteiger charge is 2.23. The Balaban J connectivity index is 1.86. The minimum Gasteiger partial charge on any atom is -0.370 e. The zero-order valence-electron chi connectivity index (χ0n) is 16.2. The monoisotopic (exact) mass is 359 g/mol. The predicted molar refractivity (Wildman–Crippen MR) is 107 cm³/mol. The standard InChI is InChI=1S/C20H33N5O/c1-3-22-20(25-12-7-10-18(16-25)14-19(21)26)23-11-13-24(2)15-17-8-5-4-6-9-17/h4-6,8-9,18H,3,7,10-16H2,1-2H3,(H2,21,26)(H,22,23). The van der Waals surface area contributed by atoms with E-state index in [0.717, 1.165) is 58.1 Å². The molecule has 1 aliphatic rings. The molecule has 2 rings (SSSR count). The number of amides is 1. The number of nitrogens with two attached hydrogens (primary N) is 1. The van der Waals surface area contributed by atoms with Gasteiger partial charge in [0.05, 0.1) is 6.54 Å². The number of benzene rings is 1. The third-order valence-electron chi connectivity index (χ3n) is 4.68. The fraction of sp³-hybridized carbons (Fsp3) is 0.600. The van der Waals surface area contributed by atoms with Crippen LogP contribution < -0.4 is 11.1 Å². The van der Waals surface area contributed by atoms with Crippen molar-refractivity contribution in [2.75, 3.05) is 39.8 Å². The molecular weight excluding hydrogens is 326 g/mol. The van der Waals surface area contributed by atoms with Crippen molar-refractivity contribution in [3.8, 4) is 0 Å².